The van der Waals surface area contributed by atoms with Crippen LogP contribution in [0.25, 0.3) is 0 Å². The standard InChI is InChI=1S/C23H28FN3O/c24-20-9-17(14-26-15-20)13-25-7-4-22(21-3-1-2-6-27-21)5-8-28-23(16-22)11-18-10-19(18)12-23/h1-3,6,9,14-15,18-19,25H,4-5,7-8,10-13,16H2/t18?,19?,22-,23?/m1/s1. The van der Waals surface area contributed by atoms with E-state index in [9.17, 15) is 4.39 Å². The summed E-state index contributed by atoms with van der Waals surface area (Å²) in [6.45, 7) is 2.33. The van der Waals surface area contributed by atoms with Gasteiger partial charge in [-0.1, -0.05) is 6.07 Å². The highest BCUT2D eigenvalue weighted by atomic mass is 19.1. The minimum atomic E-state index is -0.282. The second-order valence-electron chi connectivity index (χ2n) is 9.06. The Morgan fingerprint density at radius 2 is 2.11 bits per heavy atom. The maximum Gasteiger partial charge on any atom is 0.141 e. The predicted octanol–water partition coefficient (Wildman–Crippen LogP) is 4.01. The molecule has 0 radical (unpaired) electrons. The lowest BCUT2D eigenvalue weighted by molar-refractivity contribution is -0.111. The van der Waals surface area contributed by atoms with Crippen LogP contribution in [0, 0.1) is 17.7 Å². The van der Waals surface area contributed by atoms with Crippen LogP contribution in [0.5, 0.6) is 0 Å². The summed E-state index contributed by atoms with van der Waals surface area (Å²) in [5, 5.41) is 3.49. The van der Waals surface area contributed by atoms with E-state index in [1.165, 1.54) is 31.2 Å². The molecule has 2 saturated carbocycles. The Morgan fingerprint density at radius 3 is 2.89 bits per heavy atom. The lowest BCUT2D eigenvalue weighted by Crippen LogP contribution is -2.48. The minimum Gasteiger partial charge on any atom is -0.375 e. The van der Waals surface area contributed by atoms with Crippen molar-refractivity contribution in [2.75, 3.05) is 13.2 Å². The molecule has 5 heteroatoms. The molecule has 2 aliphatic carbocycles. The highest BCUT2D eigenvalue weighted by molar-refractivity contribution is 5.22. The van der Waals surface area contributed by atoms with Gasteiger partial charge in [-0.05, 0) is 80.7 Å². The molecule has 3 aliphatic rings. The highest BCUT2D eigenvalue weighted by Gasteiger charge is 2.58. The van der Waals surface area contributed by atoms with Gasteiger partial charge in [0.2, 0.25) is 0 Å². The Labute approximate surface area is 165 Å². The molecule has 0 amide bonds. The Hall–Kier alpha value is -1.85. The molecule has 1 saturated heterocycles. The van der Waals surface area contributed by atoms with E-state index in [2.05, 4.69) is 22.4 Å². The third-order valence-electron chi connectivity index (χ3n) is 7.07. The fourth-order valence-corrected chi connectivity index (χ4v) is 5.68. The first-order valence-electron chi connectivity index (χ1n) is 10.5. The molecule has 148 valence electrons. The number of nitrogens with zero attached hydrogens (tertiary/aromatic N) is 2. The van der Waals surface area contributed by atoms with E-state index in [1.807, 2.05) is 12.3 Å². The Bertz CT molecular complexity index is 820. The fraction of sp³-hybridized carbons (Fsp3) is 0.565. The van der Waals surface area contributed by atoms with Crippen molar-refractivity contribution in [2.24, 2.45) is 11.8 Å². The third-order valence-corrected chi connectivity index (χ3v) is 7.07. The molecule has 28 heavy (non-hydrogen) atoms. The molecule has 3 heterocycles. The Balaban J connectivity index is 1.29. The van der Waals surface area contributed by atoms with Gasteiger partial charge in [-0.3, -0.25) is 9.97 Å². The van der Waals surface area contributed by atoms with Crippen molar-refractivity contribution < 1.29 is 9.13 Å². The number of hydrogen-bond acceptors (Lipinski definition) is 4. The van der Waals surface area contributed by atoms with Crippen molar-refractivity contribution in [3.8, 4) is 0 Å². The van der Waals surface area contributed by atoms with E-state index >= 15 is 0 Å². The number of halogens is 1. The van der Waals surface area contributed by atoms with Crippen LogP contribution in [-0.2, 0) is 16.7 Å². The summed E-state index contributed by atoms with van der Waals surface area (Å²) in [7, 11) is 0. The molecule has 2 aromatic heterocycles. The number of hydrogen-bond donors (Lipinski definition) is 1. The molecule has 3 fully saturated rings. The van der Waals surface area contributed by atoms with Crippen molar-refractivity contribution in [3.63, 3.8) is 0 Å². The molecule has 2 aromatic rings. The van der Waals surface area contributed by atoms with Crippen LogP contribution in [0.1, 0.15) is 49.8 Å². The van der Waals surface area contributed by atoms with Gasteiger partial charge in [0.15, 0.2) is 0 Å². The molecule has 1 aliphatic heterocycles. The first-order chi connectivity index (χ1) is 13.7. The first kappa shape index (κ1) is 18.2. The van der Waals surface area contributed by atoms with Gasteiger partial charge in [0.05, 0.1) is 11.8 Å². The number of fused-ring (bicyclic) bond motifs is 1. The van der Waals surface area contributed by atoms with Gasteiger partial charge < -0.3 is 10.1 Å². The lowest BCUT2D eigenvalue weighted by atomic mass is 9.67. The third kappa shape index (κ3) is 3.58. The normalized spacial score (nSPS) is 33.8. The molecule has 2 unspecified atom stereocenters. The maximum absolute atomic E-state index is 13.3. The maximum atomic E-state index is 13.3. The molecule has 3 atom stereocenters. The van der Waals surface area contributed by atoms with Gasteiger partial charge in [-0.15, -0.1) is 0 Å². The minimum absolute atomic E-state index is 0.0590. The molecule has 1 N–H and O–H groups in total. The number of pyridine rings is 2. The van der Waals surface area contributed by atoms with Crippen LogP contribution in [-0.4, -0.2) is 28.7 Å². The SMILES string of the molecule is Fc1cncc(CNCC[C@@]2(c3ccccn3)CCOC3(CC4CC4C3)C2)c1. The van der Waals surface area contributed by atoms with Crippen molar-refractivity contribution in [1.82, 2.24) is 15.3 Å². The van der Waals surface area contributed by atoms with Crippen LogP contribution in [0.4, 0.5) is 4.39 Å². The molecule has 0 bridgehead atoms. The summed E-state index contributed by atoms with van der Waals surface area (Å²) >= 11 is 0. The zero-order chi connectivity index (χ0) is 19.0. The molecule has 5 rings (SSSR count). The van der Waals surface area contributed by atoms with Crippen LogP contribution in [0.2, 0.25) is 0 Å². The van der Waals surface area contributed by atoms with Crippen molar-refractivity contribution in [3.05, 3.63) is 59.9 Å². The van der Waals surface area contributed by atoms with E-state index in [0.717, 1.165) is 49.8 Å². The van der Waals surface area contributed by atoms with Gasteiger partial charge >= 0.3 is 0 Å². The number of ether oxygens (including phenoxy) is 1. The Morgan fingerprint density at radius 1 is 1.21 bits per heavy atom. The van der Waals surface area contributed by atoms with Gasteiger partial charge in [0.25, 0.3) is 0 Å². The fourth-order valence-electron chi connectivity index (χ4n) is 5.68. The topological polar surface area (TPSA) is 47.0 Å². The quantitative estimate of drug-likeness (QED) is 0.768. The van der Waals surface area contributed by atoms with Gasteiger partial charge in [-0.2, -0.15) is 0 Å². The van der Waals surface area contributed by atoms with Crippen LogP contribution < -0.4 is 5.32 Å². The molecule has 4 nitrogen and oxygen atoms in total. The smallest absolute Gasteiger partial charge is 0.141 e. The van der Waals surface area contributed by atoms with E-state index < -0.39 is 0 Å². The van der Waals surface area contributed by atoms with E-state index in [0.29, 0.717) is 6.54 Å². The largest absolute Gasteiger partial charge is 0.375 e. The zero-order valence-electron chi connectivity index (χ0n) is 16.2. The average molecular weight is 381 g/mol. The summed E-state index contributed by atoms with van der Waals surface area (Å²) in [5.74, 6) is 1.52. The van der Waals surface area contributed by atoms with Crippen LogP contribution in [0.15, 0.2) is 42.9 Å². The van der Waals surface area contributed by atoms with Crippen LogP contribution >= 0.6 is 0 Å². The second kappa shape index (κ2) is 7.20. The molecular weight excluding hydrogens is 353 g/mol. The average Bonchev–Trinajstić information content (AvgIpc) is 3.33. The number of rotatable bonds is 6. The predicted molar refractivity (Wildman–Crippen MR) is 105 cm³/mol. The van der Waals surface area contributed by atoms with Gasteiger partial charge in [0, 0.05) is 36.7 Å². The molecular formula is C23H28FN3O. The monoisotopic (exact) mass is 381 g/mol. The summed E-state index contributed by atoms with van der Waals surface area (Å²) in [5.41, 5.74) is 2.21. The second-order valence-corrected chi connectivity index (χ2v) is 9.06. The first-order valence-corrected chi connectivity index (χ1v) is 10.5. The number of aromatic nitrogens is 2. The Kier molecular flexibility index (Phi) is 4.68. The summed E-state index contributed by atoms with van der Waals surface area (Å²) in [6.07, 6.45) is 11.9. The van der Waals surface area contributed by atoms with Gasteiger partial charge in [-0.25, -0.2) is 4.39 Å². The molecule has 0 aromatic carbocycles. The highest BCUT2D eigenvalue weighted by Crippen LogP contribution is 2.61. The summed E-state index contributed by atoms with van der Waals surface area (Å²) in [4.78, 5) is 8.70. The van der Waals surface area contributed by atoms with E-state index in [1.54, 1.807) is 12.3 Å². The van der Waals surface area contributed by atoms with E-state index in [-0.39, 0.29) is 16.8 Å². The summed E-state index contributed by atoms with van der Waals surface area (Å²) in [6, 6.07) is 7.82. The van der Waals surface area contributed by atoms with Gasteiger partial charge in [0.1, 0.15) is 5.82 Å². The van der Waals surface area contributed by atoms with Crippen molar-refractivity contribution >= 4 is 0 Å². The molecule has 1 spiro atoms. The summed E-state index contributed by atoms with van der Waals surface area (Å²) < 4.78 is 19.7. The van der Waals surface area contributed by atoms with Crippen molar-refractivity contribution in [1.29, 1.82) is 0 Å². The van der Waals surface area contributed by atoms with Crippen molar-refractivity contribution in [2.45, 2.75) is 56.1 Å². The zero-order valence-corrected chi connectivity index (χ0v) is 16.2. The van der Waals surface area contributed by atoms with Crippen LogP contribution in [0.3, 0.4) is 0 Å². The lowest BCUT2D eigenvalue weighted by Gasteiger charge is -2.47. The number of nitrogens with one attached hydrogen (secondary N) is 1. The van der Waals surface area contributed by atoms with E-state index in [4.69, 9.17) is 9.72 Å².